The molecule has 448 valence electrons. The molecule has 0 saturated carbocycles. The van der Waals surface area contributed by atoms with Crippen LogP contribution in [0.4, 0.5) is 11.6 Å². The van der Waals surface area contributed by atoms with Gasteiger partial charge in [-0.15, -0.1) is 0 Å². The summed E-state index contributed by atoms with van der Waals surface area (Å²) in [5.74, 6) is 3.31. The molecule has 2 heterocycles. The van der Waals surface area contributed by atoms with Crippen LogP contribution in [0, 0.1) is 0 Å². The Labute approximate surface area is 614 Å². The molecule has 3 N–H and O–H groups in total. The fourth-order valence-electron chi connectivity index (χ4n) is 5.24. The summed E-state index contributed by atoms with van der Waals surface area (Å²) < 4.78 is 81.3. The number of anilines is 2. The Morgan fingerprint density at radius 3 is 1.39 bits per heavy atom. The Kier molecular flexibility index (Phi) is 50.4. The molecule has 0 aliphatic rings. The average molecular weight is 3490 g/mol. The predicted molar refractivity (Wildman–Crippen MR) is 497 cm³/mol. The molecule has 0 spiro atoms. The summed E-state index contributed by atoms with van der Waals surface area (Å²) in [6.45, 7) is 3.88. The number of nitrogens with zero attached hydrogens (tertiary/aromatic N) is 2. The molecule has 0 bridgehead atoms. The van der Waals surface area contributed by atoms with Crippen LogP contribution in [0.5, 0.6) is 23.0 Å². The second kappa shape index (κ2) is 45.9. The zero-order valence-electron chi connectivity index (χ0n) is 38.8. The summed E-state index contributed by atoms with van der Waals surface area (Å²) >= 11 is 35.1. The minimum atomic E-state index is -3.90. The van der Waals surface area contributed by atoms with Gasteiger partial charge in [-0.25, -0.2) is 16.8 Å². The molecule has 0 aliphatic heterocycles. The van der Waals surface area contributed by atoms with Crippen LogP contribution in [0.2, 0.25) is 0 Å². The number of hydrogen-bond donors (Lipinski definition) is 2. The number of hydrogen-bond acceptors (Lipinski definition) is 13. The molecular weight excluding hydrogens is 3450 g/mol. The van der Waals surface area contributed by atoms with Gasteiger partial charge in [0.2, 0.25) is 0 Å². The molecule has 0 fully saturated rings. The van der Waals surface area contributed by atoms with E-state index in [4.69, 9.17) is 44.4 Å². The van der Waals surface area contributed by atoms with Crippen molar-refractivity contribution in [1.29, 1.82) is 0 Å². The van der Waals surface area contributed by atoms with E-state index >= 15 is 0 Å². The summed E-state index contributed by atoms with van der Waals surface area (Å²) in [6, 6.07) is 27.9. The van der Waals surface area contributed by atoms with Gasteiger partial charge in [0.25, 0.3) is 19.1 Å². The number of aryl methyl sites for hydroxylation is 2. The topological polar surface area (TPSA) is 195 Å². The van der Waals surface area contributed by atoms with Crippen molar-refractivity contribution in [3.63, 3.8) is 0 Å². The van der Waals surface area contributed by atoms with E-state index in [9.17, 15) is 16.8 Å². The number of para-hydroxylation sites is 2. The van der Waals surface area contributed by atoms with Crippen LogP contribution < -0.4 is 42.7 Å². The molecule has 0 aliphatic carbocycles. The van der Waals surface area contributed by atoms with E-state index in [0.717, 1.165) is 28.9 Å². The number of halogens is 22. The second-order valence-corrected chi connectivity index (χ2v) is 423. The van der Waals surface area contributed by atoms with Crippen LogP contribution >= 0.6 is 297 Å². The molecule has 0 amide bonds. The Hall–Kier alpha value is 9.62. The van der Waals surface area contributed by atoms with Gasteiger partial charge in [0, 0.05) is 60.0 Å². The van der Waals surface area contributed by atoms with Gasteiger partial charge >= 0.3 is 263 Å². The van der Waals surface area contributed by atoms with Crippen molar-refractivity contribution in [3.8, 4) is 45.6 Å². The number of nitrogens with one attached hydrogen (secondary N) is 1. The standard InChI is InChI=1S/C19H20N2O5S.C10H10N2O2.C9H11ClO3S.CH4.I19.I2/c1-4-13-9-10-16(25-3)18(11-13)27(22,23)21-19-12-17(26-20-19)14-7-5-6-8-15(14)24-2;1-13-8-5-3-2-4-7(8)9-6-10(11)12-14-9;1-3-7-4-5-8(13-2)9(6-7)14(10,11)12;;1-11-13(4)15(6)17(8)19(10)18(9)16(7)14(5)12(2)3;1-2/h5-12H,4H2,1-3H3,(H,20,21);2-6H,1H3,(H2,11,12);4-6H,3H2,1-2H3;1H4;;/q;;;;-1;. The van der Waals surface area contributed by atoms with E-state index < -0.39 is 27.0 Å². The minimum absolute atomic E-state index is 0. The van der Waals surface area contributed by atoms with Crippen molar-refractivity contribution < 1.29 is 58.1 Å². The Balaban J connectivity index is 0.000000525. The molecule has 77 heavy (non-hydrogen) atoms. The first-order chi connectivity index (χ1) is 35.9. The van der Waals surface area contributed by atoms with Crippen molar-refractivity contribution in [2.24, 2.45) is 0 Å². The number of rotatable bonds is 20. The van der Waals surface area contributed by atoms with Gasteiger partial charge in [0.05, 0.1) is 39.6 Å². The number of sulfonamides is 1. The number of aromatic nitrogens is 2. The SMILES string of the molecule is C.CCc1ccc(OC)c(S(=O)(=O)Cl)c1.CCc1ccc(OC)c(S(=O)(=O)Nc2cc(-c3ccccc3OC)on2)c1.COc1ccccc1-c1cc(N)no1.II.I[I-]I(I)I(I)I(I)I(I)I(I)I(I)I(I)I(I)I. The van der Waals surface area contributed by atoms with E-state index in [2.05, 4.69) is 238 Å². The van der Waals surface area contributed by atoms with Crippen LogP contribution in [0.25, 0.3) is 22.6 Å². The van der Waals surface area contributed by atoms with Gasteiger partial charge in [0.1, 0.15) is 32.8 Å². The van der Waals surface area contributed by atoms with E-state index in [1.807, 2.05) is 62.4 Å². The van der Waals surface area contributed by atoms with Crippen molar-refractivity contribution in [2.45, 2.75) is 43.9 Å². The molecular formula is C39H45ClI21N4O10S2-. The van der Waals surface area contributed by atoms with Crippen molar-refractivity contribution in [2.75, 3.05) is 38.9 Å². The maximum absolute atomic E-state index is 12.8. The number of nitrogens with two attached hydrogens (primary N) is 1. The second-order valence-electron chi connectivity index (χ2n) is 12.7. The third-order valence-corrected chi connectivity index (χ3v) is 1250. The van der Waals surface area contributed by atoms with E-state index in [-0.39, 0.29) is 89.8 Å². The van der Waals surface area contributed by atoms with Crippen LogP contribution in [-0.4, -0.2) is 55.6 Å². The van der Waals surface area contributed by atoms with Crippen molar-refractivity contribution in [3.05, 3.63) is 108 Å². The molecule has 4 aromatic carbocycles. The van der Waals surface area contributed by atoms with Crippen molar-refractivity contribution in [1.82, 2.24) is 10.3 Å². The maximum atomic E-state index is 12.8. The fourth-order valence-corrected chi connectivity index (χ4v) is 2730. The first-order valence-corrected chi connectivity index (χ1v) is 142. The molecule has 0 atom stereocenters. The predicted octanol–water partition coefficient (Wildman–Crippen LogP) is 23.2. The molecule has 0 saturated heterocycles. The first-order valence-electron chi connectivity index (χ1n) is 19.3. The summed E-state index contributed by atoms with van der Waals surface area (Å²) in [6.07, 6.45) is 1.46. The molecule has 6 rings (SSSR count). The number of nitrogen functional groups attached to an aromatic ring is 1. The van der Waals surface area contributed by atoms with E-state index in [1.165, 1.54) is 26.4 Å². The normalized spacial score (nSPS) is 12.2. The zero-order valence-corrected chi connectivity index (χ0v) is 86.5. The van der Waals surface area contributed by atoms with Gasteiger partial charge in [-0.1, -0.05) is 68.0 Å². The monoisotopic (exact) mass is 3490 g/mol. The fraction of sp³-hybridized carbons (Fsp3) is 0.231. The van der Waals surface area contributed by atoms with E-state index in [0.29, 0.717) is 48.3 Å². The number of benzene rings is 4. The Morgan fingerprint density at radius 2 is 0.987 bits per heavy atom. The van der Waals surface area contributed by atoms with Crippen LogP contribution in [0.1, 0.15) is 32.4 Å². The average Bonchev–Trinajstić information content (AvgIpc) is 4.10. The van der Waals surface area contributed by atoms with Gasteiger partial charge in [0.15, 0.2) is 23.2 Å². The molecule has 2 aromatic heterocycles. The molecule has 6 aromatic rings. The Bertz CT molecular complexity index is 2930. The Morgan fingerprint density at radius 1 is 0.584 bits per heavy atom. The van der Waals surface area contributed by atoms with Crippen LogP contribution in [0.3, 0.4) is 0 Å². The van der Waals surface area contributed by atoms with Crippen molar-refractivity contribution >= 4 is 328 Å². The summed E-state index contributed by atoms with van der Waals surface area (Å²) in [7, 11) is 0.639. The number of ether oxygens (including phenoxy) is 4. The third-order valence-electron chi connectivity index (χ3n) is 8.46. The number of methoxy groups -OCH3 is 4. The molecule has 38 heteroatoms. The quantitative estimate of drug-likeness (QED) is 0.0542. The van der Waals surface area contributed by atoms with Gasteiger partial charge < -0.3 is 33.7 Å². The summed E-state index contributed by atoms with van der Waals surface area (Å²) in [5, 5.41) is 7.43. The summed E-state index contributed by atoms with van der Waals surface area (Å²) in [4.78, 5) is 0.0761. The van der Waals surface area contributed by atoms with Gasteiger partial charge in [-0.2, -0.15) is 0 Å². The molecule has 0 unspecified atom stereocenters. The first kappa shape index (κ1) is 84.6. The third kappa shape index (κ3) is 29.4. The molecule has 0 radical (unpaired) electrons. The van der Waals surface area contributed by atoms with Gasteiger partial charge in [-0.05, 0) is 72.5 Å². The zero-order chi connectivity index (χ0) is 57.5. The summed E-state index contributed by atoms with van der Waals surface area (Å²) in [5.41, 5.74) is 8.77. The van der Waals surface area contributed by atoms with Crippen LogP contribution in [-0.2, 0) is 31.9 Å². The van der Waals surface area contributed by atoms with Gasteiger partial charge in [-0.3, -0.25) is 4.72 Å². The van der Waals surface area contributed by atoms with Crippen LogP contribution in [0.15, 0.2) is 116 Å². The van der Waals surface area contributed by atoms with E-state index in [1.54, 1.807) is 50.6 Å². The molecule has 14 nitrogen and oxygen atoms in total.